The summed E-state index contributed by atoms with van der Waals surface area (Å²) in [7, 11) is 0. The minimum absolute atomic E-state index is 0.0433. The lowest BCUT2D eigenvalue weighted by Crippen LogP contribution is -2.33. The van der Waals surface area contributed by atoms with Crippen LogP contribution in [0.4, 0.5) is 0 Å². The molecule has 0 aliphatic carbocycles. The number of amides is 1. The SMILES string of the molecule is CCOC(=O)CCN1N=C(c2ccc(CC)cc2)CCC1=O. The van der Waals surface area contributed by atoms with Gasteiger partial charge in [-0.1, -0.05) is 31.2 Å². The Hall–Kier alpha value is -2.17. The molecule has 0 spiro atoms. The van der Waals surface area contributed by atoms with E-state index in [0.29, 0.717) is 19.4 Å². The molecule has 1 amide bonds. The van der Waals surface area contributed by atoms with Crippen LogP contribution in [0.3, 0.4) is 0 Å². The molecule has 0 fully saturated rings. The number of ether oxygens (including phenoxy) is 1. The Balaban J connectivity index is 2.06. The standard InChI is InChI=1S/C17H22N2O3/c1-3-13-5-7-14(8-6-13)15-9-10-16(20)19(18-15)12-11-17(21)22-4-2/h5-8H,3-4,9-12H2,1-2H3. The Labute approximate surface area is 131 Å². The molecule has 5 nitrogen and oxygen atoms in total. The van der Waals surface area contributed by atoms with Gasteiger partial charge >= 0.3 is 5.97 Å². The average Bonchev–Trinajstić information content (AvgIpc) is 2.54. The number of nitrogens with zero attached hydrogens (tertiary/aromatic N) is 2. The molecule has 0 radical (unpaired) electrons. The number of hydrazone groups is 1. The highest BCUT2D eigenvalue weighted by molar-refractivity contribution is 6.04. The number of carbonyl (C=O) groups excluding carboxylic acids is 2. The summed E-state index contributed by atoms with van der Waals surface area (Å²) in [4.78, 5) is 23.3. The molecule has 5 heteroatoms. The quantitative estimate of drug-likeness (QED) is 0.759. The van der Waals surface area contributed by atoms with Crippen LogP contribution in [0, 0.1) is 0 Å². The number of aryl methyl sites for hydroxylation is 1. The van der Waals surface area contributed by atoms with Crippen molar-refractivity contribution in [1.29, 1.82) is 0 Å². The molecule has 22 heavy (non-hydrogen) atoms. The molecule has 0 saturated carbocycles. The van der Waals surface area contributed by atoms with Crippen molar-refractivity contribution in [2.75, 3.05) is 13.2 Å². The fourth-order valence-corrected chi connectivity index (χ4v) is 2.35. The number of rotatable bonds is 6. The van der Waals surface area contributed by atoms with Gasteiger partial charge in [-0.15, -0.1) is 0 Å². The predicted octanol–water partition coefficient (Wildman–Crippen LogP) is 2.53. The topological polar surface area (TPSA) is 59.0 Å². The van der Waals surface area contributed by atoms with Crippen LogP contribution in [0.1, 0.15) is 44.2 Å². The summed E-state index contributed by atoms with van der Waals surface area (Å²) < 4.78 is 4.88. The Morgan fingerprint density at radius 1 is 1.23 bits per heavy atom. The minimum atomic E-state index is -0.301. The van der Waals surface area contributed by atoms with Crippen LogP contribution in [0.5, 0.6) is 0 Å². The maximum absolute atomic E-state index is 11.9. The van der Waals surface area contributed by atoms with Gasteiger partial charge in [-0.3, -0.25) is 9.59 Å². The summed E-state index contributed by atoms with van der Waals surface area (Å²) in [5.41, 5.74) is 3.20. The molecule has 0 unspecified atom stereocenters. The van der Waals surface area contributed by atoms with Crippen molar-refractivity contribution in [2.24, 2.45) is 5.10 Å². The zero-order valence-corrected chi connectivity index (χ0v) is 13.2. The van der Waals surface area contributed by atoms with Crippen LogP contribution < -0.4 is 0 Å². The molecule has 1 aromatic carbocycles. The van der Waals surface area contributed by atoms with Crippen molar-refractivity contribution in [1.82, 2.24) is 5.01 Å². The zero-order chi connectivity index (χ0) is 15.9. The van der Waals surface area contributed by atoms with Crippen LogP contribution in [-0.2, 0) is 20.7 Å². The number of carbonyl (C=O) groups is 2. The number of hydrogen-bond acceptors (Lipinski definition) is 4. The van der Waals surface area contributed by atoms with E-state index in [1.807, 2.05) is 12.1 Å². The number of hydrogen-bond donors (Lipinski definition) is 0. The first-order valence-corrected chi connectivity index (χ1v) is 7.76. The highest BCUT2D eigenvalue weighted by atomic mass is 16.5. The molecule has 1 heterocycles. The molecule has 2 rings (SSSR count). The molecule has 0 saturated heterocycles. The molecule has 0 aromatic heterocycles. The third kappa shape index (κ3) is 4.16. The molecule has 1 aliphatic heterocycles. The van der Waals surface area contributed by atoms with Crippen molar-refractivity contribution in [2.45, 2.75) is 39.5 Å². The van der Waals surface area contributed by atoms with Gasteiger partial charge in [0.1, 0.15) is 0 Å². The lowest BCUT2D eigenvalue weighted by Gasteiger charge is -2.23. The molecular weight excluding hydrogens is 280 g/mol. The number of benzene rings is 1. The molecule has 0 atom stereocenters. The molecule has 1 aromatic rings. The van der Waals surface area contributed by atoms with Gasteiger partial charge in [0.2, 0.25) is 5.91 Å². The van der Waals surface area contributed by atoms with Crippen LogP contribution in [0.25, 0.3) is 0 Å². The highest BCUT2D eigenvalue weighted by Crippen LogP contribution is 2.16. The lowest BCUT2D eigenvalue weighted by atomic mass is 10.0. The summed E-state index contributed by atoms with van der Waals surface area (Å²) in [5, 5.41) is 5.81. The van der Waals surface area contributed by atoms with Gasteiger partial charge in [-0.25, -0.2) is 5.01 Å². The van der Waals surface area contributed by atoms with E-state index in [4.69, 9.17) is 4.74 Å². The average molecular weight is 302 g/mol. The second-order valence-corrected chi connectivity index (χ2v) is 5.17. The van der Waals surface area contributed by atoms with Gasteiger partial charge in [0, 0.05) is 12.8 Å². The second-order valence-electron chi connectivity index (χ2n) is 5.17. The van der Waals surface area contributed by atoms with Crippen molar-refractivity contribution >= 4 is 17.6 Å². The van der Waals surface area contributed by atoms with E-state index in [2.05, 4.69) is 24.2 Å². The summed E-state index contributed by atoms with van der Waals surface area (Å²) in [6, 6.07) is 8.24. The molecule has 0 bridgehead atoms. The molecule has 1 aliphatic rings. The molecule has 118 valence electrons. The monoisotopic (exact) mass is 302 g/mol. The van der Waals surface area contributed by atoms with Gasteiger partial charge < -0.3 is 4.74 Å². The third-order valence-electron chi connectivity index (χ3n) is 3.63. The van der Waals surface area contributed by atoms with Crippen molar-refractivity contribution in [3.05, 3.63) is 35.4 Å². The van der Waals surface area contributed by atoms with E-state index in [0.717, 1.165) is 17.7 Å². The summed E-state index contributed by atoms with van der Waals surface area (Å²) in [5.74, 6) is -0.344. The second kappa shape index (κ2) is 7.73. The van der Waals surface area contributed by atoms with Crippen molar-refractivity contribution < 1.29 is 14.3 Å². The van der Waals surface area contributed by atoms with E-state index >= 15 is 0 Å². The van der Waals surface area contributed by atoms with Crippen LogP contribution >= 0.6 is 0 Å². The first-order chi connectivity index (χ1) is 10.6. The zero-order valence-electron chi connectivity index (χ0n) is 13.2. The van der Waals surface area contributed by atoms with Crippen LogP contribution in [0.15, 0.2) is 29.4 Å². The smallest absolute Gasteiger partial charge is 0.307 e. The predicted molar refractivity (Wildman–Crippen MR) is 84.6 cm³/mol. The normalized spacial score (nSPS) is 14.7. The number of esters is 1. The Bertz CT molecular complexity index is 564. The van der Waals surface area contributed by atoms with Gasteiger partial charge in [0.05, 0.1) is 25.3 Å². The fraction of sp³-hybridized carbons (Fsp3) is 0.471. The lowest BCUT2D eigenvalue weighted by molar-refractivity contribution is -0.144. The van der Waals surface area contributed by atoms with Gasteiger partial charge in [0.25, 0.3) is 0 Å². The summed E-state index contributed by atoms with van der Waals surface area (Å²) >= 11 is 0. The van der Waals surface area contributed by atoms with Crippen molar-refractivity contribution in [3.63, 3.8) is 0 Å². The van der Waals surface area contributed by atoms with E-state index in [-0.39, 0.29) is 24.8 Å². The largest absolute Gasteiger partial charge is 0.466 e. The maximum atomic E-state index is 11.9. The first kappa shape index (κ1) is 16.2. The minimum Gasteiger partial charge on any atom is -0.466 e. The fourth-order valence-electron chi connectivity index (χ4n) is 2.35. The van der Waals surface area contributed by atoms with E-state index < -0.39 is 0 Å². The Morgan fingerprint density at radius 3 is 2.59 bits per heavy atom. The van der Waals surface area contributed by atoms with E-state index in [1.165, 1.54) is 10.6 Å². The third-order valence-corrected chi connectivity index (χ3v) is 3.63. The van der Waals surface area contributed by atoms with E-state index in [9.17, 15) is 9.59 Å². The van der Waals surface area contributed by atoms with Gasteiger partial charge in [0.15, 0.2) is 0 Å². The molecular formula is C17H22N2O3. The van der Waals surface area contributed by atoms with Crippen LogP contribution in [-0.4, -0.2) is 35.7 Å². The first-order valence-electron chi connectivity index (χ1n) is 7.76. The highest BCUT2D eigenvalue weighted by Gasteiger charge is 2.22. The van der Waals surface area contributed by atoms with Gasteiger partial charge in [-0.05, 0) is 24.5 Å². The van der Waals surface area contributed by atoms with Gasteiger partial charge in [-0.2, -0.15) is 5.10 Å². The summed E-state index contributed by atoms with van der Waals surface area (Å²) in [6.45, 7) is 4.50. The Morgan fingerprint density at radius 2 is 1.95 bits per heavy atom. The Kier molecular flexibility index (Phi) is 5.69. The maximum Gasteiger partial charge on any atom is 0.307 e. The van der Waals surface area contributed by atoms with E-state index in [1.54, 1.807) is 6.92 Å². The van der Waals surface area contributed by atoms with Crippen LogP contribution in [0.2, 0.25) is 0 Å². The summed E-state index contributed by atoms with van der Waals surface area (Å²) in [6.07, 6.45) is 2.24. The van der Waals surface area contributed by atoms with Crippen molar-refractivity contribution in [3.8, 4) is 0 Å². The molecule has 0 N–H and O–H groups in total.